The summed E-state index contributed by atoms with van der Waals surface area (Å²) < 4.78 is 0. The van der Waals surface area contributed by atoms with Crippen LogP contribution in [0.15, 0.2) is 0 Å². The highest BCUT2D eigenvalue weighted by Gasteiger charge is 2.34. The first-order valence-electron chi connectivity index (χ1n) is 7.00. The quantitative estimate of drug-likeness (QED) is 0.672. The molecule has 2 rings (SSSR count). The molecular formula is C13H23N3O3. The summed E-state index contributed by atoms with van der Waals surface area (Å²) in [7, 11) is 0. The number of carbonyl (C=O) groups is 2. The number of amides is 2. The van der Waals surface area contributed by atoms with Crippen molar-refractivity contribution in [1.29, 1.82) is 0 Å². The molecule has 108 valence electrons. The van der Waals surface area contributed by atoms with Gasteiger partial charge in [0.05, 0.1) is 12.5 Å². The van der Waals surface area contributed by atoms with E-state index in [1.165, 1.54) is 0 Å². The minimum absolute atomic E-state index is 0.0570. The van der Waals surface area contributed by atoms with Gasteiger partial charge in [-0.1, -0.05) is 0 Å². The lowest BCUT2D eigenvalue weighted by molar-refractivity contribution is -0.129. The summed E-state index contributed by atoms with van der Waals surface area (Å²) in [5.41, 5.74) is 5.26. The summed E-state index contributed by atoms with van der Waals surface area (Å²) in [6.45, 7) is 4.13. The smallest absolute Gasteiger partial charge is 0.223 e. The van der Waals surface area contributed by atoms with Crippen LogP contribution >= 0.6 is 0 Å². The van der Waals surface area contributed by atoms with Gasteiger partial charge in [0.1, 0.15) is 0 Å². The number of nitrogens with zero attached hydrogens (tertiary/aromatic N) is 2. The van der Waals surface area contributed by atoms with E-state index in [9.17, 15) is 9.59 Å². The minimum atomic E-state index is -0.367. The minimum Gasteiger partial charge on any atom is -0.395 e. The van der Waals surface area contributed by atoms with Gasteiger partial charge in [-0.15, -0.1) is 0 Å². The third-order valence-electron chi connectivity index (χ3n) is 4.22. The van der Waals surface area contributed by atoms with Crippen LogP contribution in [-0.4, -0.2) is 66.1 Å². The lowest BCUT2D eigenvalue weighted by Gasteiger charge is -2.33. The number of likely N-dealkylation sites (tertiary alicyclic amines) is 2. The second-order valence-corrected chi connectivity index (χ2v) is 5.61. The molecule has 1 unspecified atom stereocenters. The van der Waals surface area contributed by atoms with Crippen LogP contribution in [0.2, 0.25) is 0 Å². The first-order chi connectivity index (χ1) is 9.10. The number of nitrogens with two attached hydrogens (primary N) is 1. The van der Waals surface area contributed by atoms with Gasteiger partial charge in [-0.2, -0.15) is 0 Å². The van der Waals surface area contributed by atoms with Crippen LogP contribution < -0.4 is 5.73 Å². The van der Waals surface area contributed by atoms with E-state index in [4.69, 9.17) is 10.8 Å². The van der Waals surface area contributed by atoms with Crippen molar-refractivity contribution in [3.05, 3.63) is 0 Å². The molecule has 19 heavy (non-hydrogen) atoms. The monoisotopic (exact) mass is 269 g/mol. The summed E-state index contributed by atoms with van der Waals surface area (Å²) in [5, 5.41) is 8.89. The number of aliphatic hydroxyl groups is 1. The average molecular weight is 269 g/mol. The van der Waals surface area contributed by atoms with Crippen molar-refractivity contribution in [2.75, 3.05) is 39.3 Å². The number of hydrogen-bond acceptors (Lipinski definition) is 4. The van der Waals surface area contributed by atoms with Crippen molar-refractivity contribution in [2.24, 2.45) is 17.6 Å². The van der Waals surface area contributed by atoms with Crippen LogP contribution in [0.3, 0.4) is 0 Å². The molecule has 0 bridgehead atoms. The van der Waals surface area contributed by atoms with Crippen LogP contribution in [0, 0.1) is 11.8 Å². The Bertz CT molecular complexity index is 340. The van der Waals surface area contributed by atoms with E-state index in [1.54, 1.807) is 4.90 Å². The van der Waals surface area contributed by atoms with Crippen molar-refractivity contribution in [3.63, 3.8) is 0 Å². The zero-order chi connectivity index (χ0) is 13.8. The topological polar surface area (TPSA) is 86.9 Å². The average Bonchev–Trinajstić information content (AvgIpc) is 2.74. The Morgan fingerprint density at radius 3 is 2.58 bits per heavy atom. The summed E-state index contributed by atoms with van der Waals surface area (Å²) in [5.74, 6) is -0.109. The van der Waals surface area contributed by atoms with E-state index in [1.807, 2.05) is 0 Å². The van der Waals surface area contributed by atoms with Gasteiger partial charge < -0.3 is 20.6 Å². The summed E-state index contributed by atoms with van der Waals surface area (Å²) >= 11 is 0. The van der Waals surface area contributed by atoms with E-state index >= 15 is 0 Å². The lowest BCUT2D eigenvalue weighted by atomic mass is 9.96. The first kappa shape index (κ1) is 14.3. The molecule has 6 nitrogen and oxygen atoms in total. The second kappa shape index (κ2) is 6.34. The van der Waals surface area contributed by atoms with Crippen molar-refractivity contribution >= 4 is 11.8 Å². The highest BCUT2D eigenvalue weighted by molar-refractivity contribution is 5.88. The molecule has 3 N–H and O–H groups in total. The van der Waals surface area contributed by atoms with E-state index < -0.39 is 0 Å². The molecule has 0 aliphatic carbocycles. The number of rotatable bonds is 5. The first-order valence-corrected chi connectivity index (χ1v) is 7.00. The predicted molar refractivity (Wildman–Crippen MR) is 70.1 cm³/mol. The molecule has 0 aromatic heterocycles. The highest BCUT2D eigenvalue weighted by atomic mass is 16.3. The number of carbonyl (C=O) groups excluding carboxylic acids is 2. The van der Waals surface area contributed by atoms with Crippen LogP contribution in [0.25, 0.3) is 0 Å². The van der Waals surface area contributed by atoms with Gasteiger partial charge in [-0.3, -0.25) is 9.59 Å². The normalized spacial score (nSPS) is 26.1. The van der Waals surface area contributed by atoms with Crippen molar-refractivity contribution < 1.29 is 14.7 Å². The van der Waals surface area contributed by atoms with Crippen LogP contribution in [0.5, 0.6) is 0 Å². The molecule has 1 atom stereocenters. The fourth-order valence-electron chi connectivity index (χ4n) is 2.98. The van der Waals surface area contributed by atoms with E-state index in [0.717, 1.165) is 39.0 Å². The molecule has 2 aliphatic rings. The molecule has 0 aromatic rings. The van der Waals surface area contributed by atoms with Crippen molar-refractivity contribution in [2.45, 2.75) is 19.3 Å². The Kier molecular flexibility index (Phi) is 4.76. The Labute approximate surface area is 113 Å². The summed E-state index contributed by atoms with van der Waals surface area (Å²) in [6.07, 6.45) is 2.37. The van der Waals surface area contributed by atoms with Crippen LogP contribution in [0.1, 0.15) is 19.3 Å². The fourth-order valence-corrected chi connectivity index (χ4v) is 2.98. The molecule has 6 heteroatoms. The van der Waals surface area contributed by atoms with E-state index in [0.29, 0.717) is 12.5 Å². The number of β-amino-alcohol motifs (C(OH)–C–C–N with tert-alkyl or cyclic N) is 1. The summed E-state index contributed by atoms with van der Waals surface area (Å²) in [4.78, 5) is 27.0. The zero-order valence-corrected chi connectivity index (χ0v) is 11.3. The van der Waals surface area contributed by atoms with Gasteiger partial charge in [0.25, 0.3) is 0 Å². The van der Waals surface area contributed by atoms with Gasteiger partial charge in [-0.05, 0) is 31.8 Å². The SMILES string of the molecule is NC(=O)C1CC(=O)N(CC2CCN(CCO)CC2)C1. The van der Waals surface area contributed by atoms with E-state index in [2.05, 4.69) is 4.90 Å². The maximum atomic E-state index is 11.8. The molecule has 2 aliphatic heterocycles. The maximum absolute atomic E-state index is 11.8. The Morgan fingerprint density at radius 1 is 1.37 bits per heavy atom. The second-order valence-electron chi connectivity index (χ2n) is 5.61. The van der Waals surface area contributed by atoms with Gasteiger partial charge in [0.2, 0.25) is 11.8 Å². The number of hydrogen-bond donors (Lipinski definition) is 2. The largest absolute Gasteiger partial charge is 0.395 e. The Morgan fingerprint density at radius 2 is 2.05 bits per heavy atom. The van der Waals surface area contributed by atoms with Gasteiger partial charge in [-0.25, -0.2) is 0 Å². The third kappa shape index (κ3) is 3.67. The van der Waals surface area contributed by atoms with E-state index in [-0.39, 0.29) is 30.8 Å². The molecule has 2 saturated heterocycles. The molecule has 2 amide bonds. The van der Waals surface area contributed by atoms with Gasteiger partial charge in [0, 0.05) is 26.1 Å². The predicted octanol–water partition coefficient (Wildman–Crippen LogP) is -0.975. The number of piperidine rings is 1. The van der Waals surface area contributed by atoms with Crippen LogP contribution in [0.4, 0.5) is 0 Å². The van der Waals surface area contributed by atoms with Crippen molar-refractivity contribution in [1.82, 2.24) is 9.80 Å². The lowest BCUT2D eigenvalue weighted by Crippen LogP contribution is -2.40. The third-order valence-corrected chi connectivity index (χ3v) is 4.22. The maximum Gasteiger partial charge on any atom is 0.223 e. The molecular weight excluding hydrogens is 246 g/mol. The molecule has 0 radical (unpaired) electrons. The Hall–Kier alpha value is -1.14. The molecule has 2 heterocycles. The number of primary amides is 1. The Balaban J connectivity index is 1.77. The van der Waals surface area contributed by atoms with Crippen LogP contribution in [-0.2, 0) is 9.59 Å². The van der Waals surface area contributed by atoms with Gasteiger partial charge in [0.15, 0.2) is 0 Å². The summed E-state index contributed by atoms with van der Waals surface area (Å²) in [6, 6.07) is 0. The highest BCUT2D eigenvalue weighted by Crippen LogP contribution is 2.23. The fraction of sp³-hybridized carbons (Fsp3) is 0.846. The van der Waals surface area contributed by atoms with Crippen molar-refractivity contribution in [3.8, 4) is 0 Å². The molecule has 0 spiro atoms. The molecule has 0 saturated carbocycles. The van der Waals surface area contributed by atoms with Gasteiger partial charge >= 0.3 is 0 Å². The number of aliphatic hydroxyl groups excluding tert-OH is 1. The standard InChI is InChI=1S/C13H23N3O3/c14-13(19)11-7-12(18)16(9-11)8-10-1-3-15(4-2-10)5-6-17/h10-11,17H,1-9H2,(H2,14,19). The zero-order valence-electron chi connectivity index (χ0n) is 11.3. The molecule has 0 aromatic carbocycles. The molecule has 2 fully saturated rings.